The molecule has 1 amide bonds. The van der Waals surface area contributed by atoms with Gasteiger partial charge in [-0.2, -0.15) is 0 Å². The summed E-state index contributed by atoms with van der Waals surface area (Å²) in [6.45, 7) is 0.658. The first-order valence-electron chi connectivity index (χ1n) is 10.9. The summed E-state index contributed by atoms with van der Waals surface area (Å²) in [5.41, 5.74) is 3.66. The Morgan fingerprint density at radius 1 is 0.970 bits per heavy atom. The minimum atomic E-state index is -3.48. The summed E-state index contributed by atoms with van der Waals surface area (Å²) >= 11 is 6.12. The van der Waals surface area contributed by atoms with Gasteiger partial charge in [0.1, 0.15) is 0 Å². The van der Waals surface area contributed by atoms with Crippen molar-refractivity contribution in [3.63, 3.8) is 0 Å². The maximum Gasteiger partial charge on any atom is 0.227 e. The number of nitrogens with zero attached hydrogens (tertiary/aromatic N) is 2. The molecular weight excluding hydrogens is 458 g/mol. The van der Waals surface area contributed by atoms with Crippen molar-refractivity contribution in [1.29, 1.82) is 0 Å². The maximum atomic E-state index is 12.8. The van der Waals surface area contributed by atoms with Crippen LogP contribution in [0.4, 0.5) is 5.69 Å². The van der Waals surface area contributed by atoms with Crippen molar-refractivity contribution in [2.24, 2.45) is 5.92 Å². The number of anilines is 1. The lowest BCUT2D eigenvalue weighted by Gasteiger charge is -2.30. The summed E-state index contributed by atoms with van der Waals surface area (Å²) in [4.78, 5) is 16.8. The number of amides is 1. The molecule has 0 aliphatic carbocycles. The second-order valence-corrected chi connectivity index (χ2v) is 10.6. The van der Waals surface area contributed by atoms with Crippen LogP contribution < -0.4 is 5.32 Å². The molecule has 1 aromatic heterocycles. The molecule has 6 nitrogen and oxygen atoms in total. The topological polar surface area (TPSA) is 79.4 Å². The number of benzene rings is 2. The van der Waals surface area contributed by atoms with Gasteiger partial charge in [-0.25, -0.2) is 12.7 Å². The van der Waals surface area contributed by atoms with E-state index in [9.17, 15) is 13.2 Å². The summed E-state index contributed by atoms with van der Waals surface area (Å²) in [6.07, 6.45) is 5.34. The molecule has 172 valence electrons. The van der Waals surface area contributed by atoms with E-state index in [0.717, 1.165) is 17.7 Å². The van der Waals surface area contributed by atoms with E-state index >= 15 is 0 Å². The summed E-state index contributed by atoms with van der Waals surface area (Å²) in [6, 6.07) is 18.7. The lowest BCUT2D eigenvalue weighted by molar-refractivity contribution is -0.120. The summed E-state index contributed by atoms with van der Waals surface area (Å²) in [5, 5.41) is 3.42. The largest absolute Gasteiger partial charge is 0.326 e. The van der Waals surface area contributed by atoms with E-state index < -0.39 is 10.0 Å². The lowest BCUT2D eigenvalue weighted by Crippen LogP contribution is -2.41. The van der Waals surface area contributed by atoms with Gasteiger partial charge < -0.3 is 5.32 Å². The molecule has 3 aromatic rings. The first-order chi connectivity index (χ1) is 15.9. The highest BCUT2D eigenvalue weighted by Crippen LogP contribution is 2.25. The first kappa shape index (κ1) is 23.4. The highest BCUT2D eigenvalue weighted by atomic mass is 35.5. The van der Waals surface area contributed by atoms with E-state index in [4.69, 9.17) is 11.6 Å². The van der Waals surface area contributed by atoms with Crippen LogP contribution in [-0.4, -0.2) is 36.7 Å². The predicted molar refractivity (Wildman–Crippen MR) is 130 cm³/mol. The molecule has 0 unspecified atom stereocenters. The number of rotatable bonds is 7. The quantitative estimate of drug-likeness (QED) is 0.536. The fourth-order valence-electron chi connectivity index (χ4n) is 3.99. The molecule has 33 heavy (non-hydrogen) atoms. The number of carbonyl (C=O) groups excluding carboxylic acids is 1. The van der Waals surface area contributed by atoms with Crippen molar-refractivity contribution >= 4 is 33.2 Å². The molecule has 0 bridgehead atoms. The average Bonchev–Trinajstić information content (AvgIpc) is 2.82. The van der Waals surface area contributed by atoms with Crippen molar-refractivity contribution in [2.45, 2.75) is 25.0 Å². The van der Waals surface area contributed by atoms with Gasteiger partial charge in [-0.1, -0.05) is 41.9 Å². The Balaban J connectivity index is 1.29. The van der Waals surface area contributed by atoms with Crippen LogP contribution in [0.1, 0.15) is 29.5 Å². The van der Waals surface area contributed by atoms with Crippen LogP contribution in [0.5, 0.6) is 0 Å². The van der Waals surface area contributed by atoms with Gasteiger partial charge in [0.2, 0.25) is 15.9 Å². The van der Waals surface area contributed by atoms with Gasteiger partial charge in [-0.3, -0.25) is 9.78 Å². The van der Waals surface area contributed by atoms with E-state index in [1.165, 1.54) is 9.87 Å². The summed E-state index contributed by atoms with van der Waals surface area (Å²) in [7, 11) is -3.48. The summed E-state index contributed by atoms with van der Waals surface area (Å²) < 4.78 is 27.1. The second-order valence-electron chi connectivity index (χ2n) is 8.24. The smallest absolute Gasteiger partial charge is 0.227 e. The number of nitrogens with one attached hydrogen (secondary N) is 1. The Morgan fingerprint density at radius 2 is 1.61 bits per heavy atom. The van der Waals surface area contributed by atoms with Crippen LogP contribution in [0.3, 0.4) is 0 Å². The zero-order valence-electron chi connectivity index (χ0n) is 18.2. The summed E-state index contributed by atoms with van der Waals surface area (Å²) in [5.74, 6) is -0.414. The molecule has 2 aromatic carbocycles. The molecule has 4 rings (SSSR count). The molecule has 1 N–H and O–H groups in total. The van der Waals surface area contributed by atoms with E-state index in [2.05, 4.69) is 10.3 Å². The van der Waals surface area contributed by atoms with Crippen LogP contribution in [0, 0.1) is 5.92 Å². The maximum absolute atomic E-state index is 12.8. The van der Waals surface area contributed by atoms with Crippen molar-refractivity contribution in [2.75, 3.05) is 18.4 Å². The number of carbonyl (C=O) groups is 1. The Labute approximate surface area is 199 Å². The molecule has 0 radical (unpaired) electrons. The third-order valence-electron chi connectivity index (χ3n) is 5.89. The Kier molecular flexibility index (Phi) is 7.42. The molecule has 2 heterocycles. The van der Waals surface area contributed by atoms with Gasteiger partial charge in [0.15, 0.2) is 0 Å². The van der Waals surface area contributed by atoms with E-state index in [1.807, 2.05) is 36.4 Å². The Morgan fingerprint density at radius 3 is 2.27 bits per heavy atom. The molecule has 0 saturated carbocycles. The van der Waals surface area contributed by atoms with E-state index in [0.29, 0.717) is 36.5 Å². The van der Waals surface area contributed by atoms with Crippen molar-refractivity contribution in [3.05, 3.63) is 94.8 Å². The molecule has 1 aliphatic rings. The standard InChI is InChI=1S/C25H26ClN3O3S/c26-24-4-2-1-3-22(24)18-33(31,32)29-15-11-21(12-16-29)25(30)28-23-7-5-19(6-8-23)17-20-9-13-27-14-10-20/h1-10,13-14,21H,11-12,15-18H2,(H,28,30). The zero-order chi connectivity index (χ0) is 23.3. The van der Waals surface area contributed by atoms with Gasteiger partial charge in [0.25, 0.3) is 0 Å². The molecule has 0 spiro atoms. The van der Waals surface area contributed by atoms with Crippen LogP contribution in [-0.2, 0) is 27.0 Å². The zero-order valence-corrected chi connectivity index (χ0v) is 19.7. The first-order valence-corrected chi connectivity index (χ1v) is 12.9. The van der Waals surface area contributed by atoms with Crippen LogP contribution >= 0.6 is 11.6 Å². The lowest BCUT2D eigenvalue weighted by atomic mass is 9.97. The minimum Gasteiger partial charge on any atom is -0.326 e. The van der Waals surface area contributed by atoms with Crippen molar-refractivity contribution < 1.29 is 13.2 Å². The van der Waals surface area contributed by atoms with Crippen LogP contribution in [0.2, 0.25) is 5.02 Å². The van der Waals surface area contributed by atoms with E-state index in [-0.39, 0.29) is 17.6 Å². The van der Waals surface area contributed by atoms with Crippen LogP contribution in [0.25, 0.3) is 0 Å². The predicted octanol–water partition coefficient (Wildman–Crippen LogP) is 4.51. The number of sulfonamides is 1. The number of pyridine rings is 1. The van der Waals surface area contributed by atoms with Gasteiger partial charge >= 0.3 is 0 Å². The normalized spacial score (nSPS) is 15.3. The second kappa shape index (κ2) is 10.5. The van der Waals surface area contributed by atoms with Crippen molar-refractivity contribution in [1.82, 2.24) is 9.29 Å². The number of halogens is 1. The van der Waals surface area contributed by atoms with Gasteiger partial charge in [-0.05, 0) is 66.3 Å². The van der Waals surface area contributed by atoms with Crippen LogP contribution in [0.15, 0.2) is 73.1 Å². The number of hydrogen-bond acceptors (Lipinski definition) is 4. The van der Waals surface area contributed by atoms with E-state index in [1.54, 1.807) is 36.7 Å². The average molecular weight is 484 g/mol. The fourth-order valence-corrected chi connectivity index (χ4v) is 5.86. The molecular formula is C25H26ClN3O3S. The fraction of sp³-hybridized carbons (Fsp3) is 0.280. The highest BCUT2D eigenvalue weighted by molar-refractivity contribution is 7.88. The third-order valence-corrected chi connectivity index (χ3v) is 8.09. The third kappa shape index (κ3) is 6.19. The molecule has 1 aliphatic heterocycles. The van der Waals surface area contributed by atoms with Gasteiger partial charge in [0, 0.05) is 42.1 Å². The molecule has 1 fully saturated rings. The molecule has 0 atom stereocenters. The van der Waals surface area contributed by atoms with Gasteiger partial charge in [-0.15, -0.1) is 0 Å². The molecule has 8 heteroatoms. The monoisotopic (exact) mass is 483 g/mol. The Hall–Kier alpha value is -2.74. The Bertz CT molecular complexity index is 1190. The van der Waals surface area contributed by atoms with Gasteiger partial charge in [0.05, 0.1) is 5.75 Å². The minimum absolute atomic E-state index is 0.0694. The number of hydrogen-bond donors (Lipinski definition) is 1. The van der Waals surface area contributed by atoms with Crippen molar-refractivity contribution in [3.8, 4) is 0 Å². The number of aromatic nitrogens is 1. The SMILES string of the molecule is O=C(Nc1ccc(Cc2ccncc2)cc1)C1CCN(S(=O)(=O)Cc2ccccc2Cl)CC1. The highest BCUT2D eigenvalue weighted by Gasteiger charge is 2.31. The number of piperidine rings is 1. The molecule has 1 saturated heterocycles.